The van der Waals surface area contributed by atoms with Gasteiger partial charge in [0, 0.05) is 12.8 Å². The van der Waals surface area contributed by atoms with Crippen LogP contribution in [0.25, 0.3) is 0 Å². The molecule has 0 aliphatic heterocycles. The van der Waals surface area contributed by atoms with Gasteiger partial charge < -0.3 is 26.6 Å². The van der Waals surface area contributed by atoms with Crippen molar-refractivity contribution in [1.29, 1.82) is 0 Å². The molecule has 0 saturated carbocycles. The highest BCUT2D eigenvalue weighted by Gasteiger charge is 2.27. The van der Waals surface area contributed by atoms with Crippen LogP contribution in [0.2, 0.25) is 0 Å². The summed E-state index contributed by atoms with van der Waals surface area (Å²) in [6.45, 7) is 1.53. The summed E-state index contributed by atoms with van der Waals surface area (Å²) in [7, 11) is 0. The van der Waals surface area contributed by atoms with Crippen molar-refractivity contribution in [2.75, 3.05) is 0 Å². The van der Waals surface area contributed by atoms with Gasteiger partial charge in [-0.2, -0.15) is 0 Å². The average Bonchev–Trinajstić information content (AvgIpc) is 2.41. The molecular formula is C12H19N3O7. The van der Waals surface area contributed by atoms with Crippen molar-refractivity contribution in [3.8, 4) is 0 Å². The second-order valence-corrected chi connectivity index (χ2v) is 4.48. The smallest absolute Gasteiger partial charge is 0.326 e. The van der Waals surface area contributed by atoms with Gasteiger partial charge in [-0.05, 0) is 6.42 Å². The largest absolute Gasteiger partial charge is 0.481 e. The lowest BCUT2D eigenvalue weighted by Gasteiger charge is -2.20. The first-order valence-electron chi connectivity index (χ1n) is 6.50. The number of hydrogen-bond acceptors (Lipinski definition) is 5. The van der Waals surface area contributed by atoms with Gasteiger partial charge in [0.1, 0.15) is 12.1 Å². The van der Waals surface area contributed by atoms with E-state index in [0.717, 1.165) is 0 Å². The highest BCUT2D eigenvalue weighted by atomic mass is 16.4. The Morgan fingerprint density at radius 1 is 1.05 bits per heavy atom. The molecule has 2 atom stereocenters. The van der Waals surface area contributed by atoms with Gasteiger partial charge in [0.2, 0.25) is 17.7 Å². The zero-order chi connectivity index (χ0) is 17.3. The van der Waals surface area contributed by atoms with Crippen molar-refractivity contribution in [1.82, 2.24) is 10.6 Å². The van der Waals surface area contributed by atoms with Gasteiger partial charge in [0.15, 0.2) is 0 Å². The number of carbonyl (C=O) groups is 5. The van der Waals surface area contributed by atoms with Crippen molar-refractivity contribution in [3.05, 3.63) is 0 Å². The van der Waals surface area contributed by atoms with Crippen LogP contribution in [0.4, 0.5) is 0 Å². The maximum absolute atomic E-state index is 11.9. The average molecular weight is 317 g/mol. The van der Waals surface area contributed by atoms with Gasteiger partial charge in [-0.15, -0.1) is 0 Å². The van der Waals surface area contributed by atoms with Crippen LogP contribution in [-0.2, 0) is 24.0 Å². The van der Waals surface area contributed by atoms with Crippen molar-refractivity contribution in [2.45, 2.75) is 44.7 Å². The number of nitrogens with one attached hydrogen (secondary N) is 2. The van der Waals surface area contributed by atoms with Gasteiger partial charge in [0.05, 0.1) is 6.42 Å². The Kier molecular flexibility index (Phi) is 8.19. The Bertz CT molecular complexity index is 464. The third kappa shape index (κ3) is 7.82. The molecule has 0 aromatic rings. The second-order valence-electron chi connectivity index (χ2n) is 4.48. The molecule has 22 heavy (non-hydrogen) atoms. The summed E-state index contributed by atoms with van der Waals surface area (Å²) in [4.78, 5) is 55.6. The van der Waals surface area contributed by atoms with E-state index < -0.39 is 54.6 Å². The number of carboxylic acid groups (broad SMARTS) is 2. The summed E-state index contributed by atoms with van der Waals surface area (Å²) in [5, 5.41) is 21.8. The Balaban J connectivity index is 4.86. The molecule has 3 amide bonds. The molecule has 10 heteroatoms. The topological polar surface area (TPSA) is 176 Å². The van der Waals surface area contributed by atoms with Crippen molar-refractivity contribution in [2.24, 2.45) is 5.73 Å². The predicted molar refractivity (Wildman–Crippen MR) is 72.5 cm³/mol. The molecule has 0 saturated heterocycles. The molecule has 0 radical (unpaired) electrons. The SMILES string of the molecule is CCC(=O)N[C@@H](CC(N)=O)C(=O)N[C@@H](CCC(=O)O)C(=O)O. The minimum absolute atomic E-state index is 0.0594. The van der Waals surface area contributed by atoms with Crippen LogP contribution in [0, 0.1) is 0 Å². The second kappa shape index (κ2) is 9.32. The fourth-order valence-corrected chi connectivity index (χ4v) is 1.50. The summed E-state index contributed by atoms with van der Waals surface area (Å²) in [5.41, 5.74) is 4.97. The van der Waals surface area contributed by atoms with E-state index in [2.05, 4.69) is 10.6 Å². The van der Waals surface area contributed by atoms with Crippen molar-refractivity contribution >= 4 is 29.7 Å². The normalized spacial score (nSPS) is 12.8. The number of carboxylic acids is 2. The van der Waals surface area contributed by atoms with Gasteiger partial charge in [-0.25, -0.2) is 4.79 Å². The summed E-state index contributed by atoms with van der Waals surface area (Å²) in [6, 6.07) is -2.76. The molecule has 0 aliphatic carbocycles. The minimum atomic E-state index is -1.45. The van der Waals surface area contributed by atoms with Crippen LogP contribution < -0.4 is 16.4 Å². The van der Waals surface area contributed by atoms with E-state index in [1.54, 1.807) is 0 Å². The molecule has 0 aliphatic rings. The summed E-state index contributed by atoms with van der Waals surface area (Å²) in [5.74, 6) is -4.92. The van der Waals surface area contributed by atoms with Gasteiger partial charge >= 0.3 is 11.9 Å². The quantitative estimate of drug-likeness (QED) is 0.315. The maximum atomic E-state index is 11.9. The Hall–Kier alpha value is -2.65. The number of aliphatic carboxylic acids is 2. The molecule has 0 aromatic carbocycles. The summed E-state index contributed by atoms with van der Waals surface area (Å²) in [6.07, 6.45) is -1.23. The lowest BCUT2D eigenvalue weighted by Crippen LogP contribution is -2.52. The molecule has 0 unspecified atom stereocenters. The molecule has 0 bridgehead atoms. The third-order valence-corrected chi connectivity index (χ3v) is 2.64. The first-order valence-corrected chi connectivity index (χ1v) is 6.50. The van der Waals surface area contributed by atoms with E-state index in [0.29, 0.717) is 0 Å². The lowest BCUT2D eigenvalue weighted by molar-refractivity contribution is -0.143. The van der Waals surface area contributed by atoms with E-state index >= 15 is 0 Å². The fraction of sp³-hybridized carbons (Fsp3) is 0.583. The highest BCUT2D eigenvalue weighted by Crippen LogP contribution is 2.01. The van der Waals surface area contributed by atoms with Crippen LogP contribution in [-0.4, -0.2) is 52.0 Å². The van der Waals surface area contributed by atoms with Crippen LogP contribution in [0.5, 0.6) is 0 Å². The first-order chi connectivity index (χ1) is 10.2. The number of rotatable bonds is 10. The Labute approximate surface area is 126 Å². The summed E-state index contributed by atoms with van der Waals surface area (Å²) >= 11 is 0. The number of primary amides is 1. The minimum Gasteiger partial charge on any atom is -0.481 e. The number of amides is 3. The van der Waals surface area contributed by atoms with Crippen LogP contribution in [0.3, 0.4) is 0 Å². The van der Waals surface area contributed by atoms with Crippen molar-refractivity contribution in [3.63, 3.8) is 0 Å². The van der Waals surface area contributed by atoms with Crippen LogP contribution >= 0.6 is 0 Å². The zero-order valence-corrected chi connectivity index (χ0v) is 12.0. The number of nitrogens with two attached hydrogens (primary N) is 1. The molecule has 6 N–H and O–H groups in total. The monoisotopic (exact) mass is 317 g/mol. The van der Waals surface area contributed by atoms with E-state index in [9.17, 15) is 24.0 Å². The first kappa shape index (κ1) is 19.4. The van der Waals surface area contributed by atoms with E-state index in [-0.39, 0.29) is 12.8 Å². The Morgan fingerprint density at radius 2 is 1.64 bits per heavy atom. The third-order valence-electron chi connectivity index (χ3n) is 2.64. The zero-order valence-electron chi connectivity index (χ0n) is 12.0. The fourth-order valence-electron chi connectivity index (χ4n) is 1.50. The molecule has 0 heterocycles. The molecule has 10 nitrogen and oxygen atoms in total. The Morgan fingerprint density at radius 3 is 2.05 bits per heavy atom. The predicted octanol–water partition coefficient (Wildman–Crippen LogP) is -1.81. The molecule has 0 fully saturated rings. The van der Waals surface area contributed by atoms with Crippen LogP contribution in [0.15, 0.2) is 0 Å². The lowest BCUT2D eigenvalue weighted by atomic mass is 10.1. The van der Waals surface area contributed by atoms with E-state index in [4.69, 9.17) is 15.9 Å². The molecule has 0 rings (SSSR count). The van der Waals surface area contributed by atoms with Gasteiger partial charge in [0.25, 0.3) is 0 Å². The number of carbonyl (C=O) groups excluding carboxylic acids is 3. The molecule has 0 aromatic heterocycles. The standard InChI is InChI=1S/C12H19N3O7/c1-2-9(17)14-7(5-8(13)16)11(20)15-6(12(21)22)3-4-10(18)19/h6-7H,2-5H2,1H3,(H2,13,16)(H,14,17)(H,15,20)(H,18,19)(H,21,22)/t6-,7-/m0/s1. The van der Waals surface area contributed by atoms with E-state index in [1.807, 2.05) is 0 Å². The van der Waals surface area contributed by atoms with Crippen LogP contribution in [0.1, 0.15) is 32.6 Å². The van der Waals surface area contributed by atoms with E-state index in [1.165, 1.54) is 6.92 Å². The van der Waals surface area contributed by atoms with Gasteiger partial charge in [-0.1, -0.05) is 6.92 Å². The molecule has 0 spiro atoms. The maximum Gasteiger partial charge on any atom is 0.326 e. The van der Waals surface area contributed by atoms with Gasteiger partial charge in [-0.3, -0.25) is 19.2 Å². The highest BCUT2D eigenvalue weighted by molar-refractivity contribution is 5.93. The molecular weight excluding hydrogens is 298 g/mol. The van der Waals surface area contributed by atoms with Crippen molar-refractivity contribution < 1.29 is 34.2 Å². The molecule has 124 valence electrons. The summed E-state index contributed by atoms with van der Waals surface area (Å²) < 4.78 is 0. The number of hydrogen-bond donors (Lipinski definition) is 5.